The fraction of sp³-hybridized carbons (Fsp3) is 0. The summed E-state index contributed by atoms with van der Waals surface area (Å²) in [5.41, 5.74) is 8.63. The number of anilines is 2. The molecule has 0 atom stereocenters. The van der Waals surface area contributed by atoms with Crippen molar-refractivity contribution in [2.24, 2.45) is 5.73 Å². The number of hydrogen-bond donors (Lipinski definition) is 2. The molecule has 7 nitrogen and oxygen atoms in total. The van der Waals surface area contributed by atoms with Crippen molar-refractivity contribution in [2.75, 3.05) is 5.32 Å². The number of nitrogens with two attached hydrogens (primary N) is 1. The molecule has 26 heavy (non-hydrogen) atoms. The SMILES string of the molecule is NC(=O)c1ccc(Nc2nccc(-c3cnc4ccccc4c3)n2)cn1. The van der Waals surface area contributed by atoms with E-state index in [0.29, 0.717) is 11.6 Å². The normalized spacial score (nSPS) is 10.6. The van der Waals surface area contributed by atoms with Gasteiger partial charge in [0.2, 0.25) is 5.95 Å². The van der Waals surface area contributed by atoms with Crippen LogP contribution in [0.2, 0.25) is 0 Å². The van der Waals surface area contributed by atoms with Crippen LogP contribution in [-0.2, 0) is 0 Å². The highest BCUT2D eigenvalue weighted by molar-refractivity contribution is 5.91. The second-order valence-corrected chi connectivity index (χ2v) is 5.60. The Labute approximate surface area is 149 Å². The van der Waals surface area contributed by atoms with Crippen LogP contribution in [0.4, 0.5) is 11.6 Å². The number of pyridine rings is 2. The minimum atomic E-state index is -0.571. The maximum absolute atomic E-state index is 11.1. The maximum Gasteiger partial charge on any atom is 0.267 e. The number of hydrogen-bond acceptors (Lipinski definition) is 6. The first-order valence-corrected chi connectivity index (χ1v) is 7.90. The molecule has 0 spiro atoms. The highest BCUT2D eigenvalue weighted by atomic mass is 16.1. The molecule has 0 unspecified atom stereocenters. The number of nitrogens with zero attached hydrogens (tertiary/aromatic N) is 4. The van der Waals surface area contributed by atoms with Crippen molar-refractivity contribution in [1.82, 2.24) is 19.9 Å². The first-order valence-electron chi connectivity index (χ1n) is 7.90. The van der Waals surface area contributed by atoms with Gasteiger partial charge in [-0.25, -0.2) is 15.0 Å². The lowest BCUT2D eigenvalue weighted by Gasteiger charge is -2.07. The molecule has 4 rings (SSSR count). The van der Waals surface area contributed by atoms with Crippen molar-refractivity contribution in [2.45, 2.75) is 0 Å². The number of fused-ring (bicyclic) bond motifs is 1. The summed E-state index contributed by atoms with van der Waals surface area (Å²) < 4.78 is 0. The Bertz CT molecular complexity index is 1090. The highest BCUT2D eigenvalue weighted by Crippen LogP contribution is 2.22. The van der Waals surface area contributed by atoms with Crippen LogP contribution >= 0.6 is 0 Å². The molecule has 0 fully saturated rings. The molecular formula is C19H14N6O. The van der Waals surface area contributed by atoms with Gasteiger partial charge >= 0.3 is 0 Å². The number of aromatic nitrogens is 4. The van der Waals surface area contributed by atoms with Gasteiger partial charge in [-0.05, 0) is 30.3 Å². The van der Waals surface area contributed by atoms with Gasteiger partial charge in [-0.15, -0.1) is 0 Å². The van der Waals surface area contributed by atoms with Gasteiger partial charge in [0.1, 0.15) is 5.69 Å². The van der Waals surface area contributed by atoms with Crippen LogP contribution in [0.5, 0.6) is 0 Å². The molecule has 4 aromatic rings. The van der Waals surface area contributed by atoms with Crippen molar-refractivity contribution in [3.8, 4) is 11.3 Å². The number of para-hydroxylation sites is 1. The zero-order valence-corrected chi connectivity index (χ0v) is 13.6. The zero-order valence-electron chi connectivity index (χ0n) is 13.6. The Balaban J connectivity index is 1.62. The minimum absolute atomic E-state index is 0.201. The fourth-order valence-electron chi connectivity index (χ4n) is 2.53. The molecule has 3 heterocycles. The molecule has 0 aliphatic rings. The molecule has 0 aliphatic heterocycles. The molecule has 1 aromatic carbocycles. The summed E-state index contributed by atoms with van der Waals surface area (Å²) >= 11 is 0. The Morgan fingerprint density at radius 1 is 0.962 bits per heavy atom. The van der Waals surface area contributed by atoms with Crippen molar-refractivity contribution in [3.63, 3.8) is 0 Å². The maximum atomic E-state index is 11.1. The molecule has 0 saturated heterocycles. The van der Waals surface area contributed by atoms with Crippen LogP contribution in [0.3, 0.4) is 0 Å². The van der Waals surface area contributed by atoms with E-state index < -0.39 is 5.91 Å². The van der Waals surface area contributed by atoms with Crippen LogP contribution in [0, 0.1) is 0 Å². The van der Waals surface area contributed by atoms with Crippen molar-refractivity contribution >= 4 is 28.4 Å². The van der Waals surface area contributed by atoms with Crippen LogP contribution in [0.15, 0.2) is 67.1 Å². The number of carbonyl (C=O) groups excluding carboxylic acids is 1. The summed E-state index contributed by atoms with van der Waals surface area (Å²) in [6.07, 6.45) is 4.97. The van der Waals surface area contributed by atoms with Crippen LogP contribution in [-0.4, -0.2) is 25.8 Å². The second-order valence-electron chi connectivity index (χ2n) is 5.60. The van der Waals surface area contributed by atoms with Crippen LogP contribution < -0.4 is 11.1 Å². The number of rotatable bonds is 4. The third-order valence-electron chi connectivity index (χ3n) is 3.81. The first kappa shape index (κ1) is 15.6. The third-order valence-corrected chi connectivity index (χ3v) is 3.81. The predicted octanol–water partition coefficient (Wildman–Crippen LogP) is 2.93. The zero-order chi connectivity index (χ0) is 17.9. The van der Waals surface area contributed by atoms with E-state index in [1.54, 1.807) is 24.5 Å². The van der Waals surface area contributed by atoms with Gasteiger partial charge in [-0.2, -0.15) is 0 Å². The molecule has 1 amide bonds. The lowest BCUT2D eigenvalue weighted by atomic mass is 10.1. The molecule has 0 aliphatic carbocycles. The molecule has 0 bridgehead atoms. The lowest BCUT2D eigenvalue weighted by molar-refractivity contribution is 0.0995. The molecule has 3 aromatic heterocycles. The number of nitrogens with one attached hydrogen (secondary N) is 1. The van der Waals surface area contributed by atoms with Gasteiger partial charge < -0.3 is 11.1 Å². The van der Waals surface area contributed by atoms with E-state index in [0.717, 1.165) is 22.2 Å². The van der Waals surface area contributed by atoms with Gasteiger partial charge in [0.05, 0.1) is 23.1 Å². The summed E-state index contributed by atoms with van der Waals surface area (Å²) in [7, 11) is 0. The summed E-state index contributed by atoms with van der Waals surface area (Å²) in [4.78, 5) is 28.3. The van der Waals surface area contributed by atoms with E-state index in [4.69, 9.17) is 5.73 Å². The summed E-state index contributed by atoms with van der Waals surface area (Å²) in [6.45, 7) is 0. The van der Waals surface area contributed by atoms with E-state index in [9.17, 15) is 4.79 Å². The number of primary amides is 1. The van der Waals surface area contributed by atoms with Crippen LogP contribution in [0.25, 0.3) is 22.2 Å². The average Bonchev–Trinajstić information content (AvgIpc) is 2.68. The number of benzene rings is 1. The van der Waals surface area contributed by atoms with Crippen LogP contribution in [0.1, 0.15) is 10.5 Å². The van der Waals surface area contributed by atoms with Crippen molar-refractivity contribution in [1.29, 1.82) is 0 Å². The largest absolute Gasteiger partial charge is 0.364 e. The topological polar surface area (TPSA) is 107 Å². The Kier molecular flexibility index (Phi) is 3.95. The number of amides is 1. The quantitative estimate of drug-likeness (QED) is 0.590. The summed E-state index contributed by atoms with van der Waals surface area (Å²) in [6, 6.07) is 15.0. The van der Waals surface area contributed by atoms with Gasteiger partial charge in [-0.1, -0.05) is 18.2 Å². The van der Waals surface area contributed by atoms with Gasteiger partial charge in [0.25, 0.3) is 5.91 Å². The van der Waals surface area contributed by atoms with E-state index in [-0.39, 0.29) is 5.69 Å². The monoisotopic (exact) mass is 342 g/mol. The Morgan fingerprint density at radius 3 is 2.65 bits per heavy atom. The standard InChI is InChI=1S/C19H14N6O/c20-18(26)17-6-5-14(11-23-17)24-19-21-8-7-16(25-19)13-9-12-3-1-2-4-15(12)22-10-13/h1-11H,(H2,20,26)(H,21,24,25). The lowest BCUT2D eigenvalue weighted by Crippen LogP contribution is -2.12. The van der Waals surface area contributed by atoms with E-state index in [2.05, 4.69) is 25.3 Å². The fourth-order valence-corrected chi connectivity index (χ4v) is 2.53. The summed E-state index contributed by atoms with van der Waals surface area (Å²) in [5.74, 6) is -0.150. The second kappa shape index (κ2) is 6.56. The molecule has 7 heteroatoms. The highest BCUT2D eigenvalue weighted by Gasteiger charge is 2.06. The third kappa shape index (κ3) is 3.18. The average molecular weight is 342 g/mol. The molecule has 126 valence electrons. The predicted molar refractivity (Wildman–Crippen MR) is 98.8 cm³/mol. The van der Waals surface area contributed by atoms with Crippen molar-refractivity contribution in [3.05, 3.63) is 72.8 Å². The molecule has 0 radical (unpaired) electrons. The Morgan fingerprint density at radius 2 is 1.85 bits per heavy atom. The first-order chi connectivity index (χ1) is 12.7. The molecular weight excluding hydrogens is 328 g/mol. The van der Waals surface area contributed by atoms with E-state index in [1.807, 2.05) is 36.4 Å². The number of carbonyl (C=O) groups is 1. The van der Waals surface area contributed by atoms with E-state index >= 15 is 0 Å². The van der Waals surface area contributed by atoms with E-state index in [1.165, 1.54) is 6.20 Å². The molecule has 3 N–H and O–H groups in total. The summed E-state index contributed by atoms with van der Waals surface area (Å²) in [5, 5.41) is 4.11. The van der Waals surface area contributed by atoms with Crippen molar-refractivity contribution < 1.29 is 4.79 Å². The van der Waals surface area contributed by atoms with Gasteiger partial charge in [-0.3, -0.25) is 9.78 Å². The minimum Gasteiger partial charge on any atom is -0.364 e. The van der Waals surface area contributed by atoms with Gasteiger partial charge in [0.15, 0.2) is 0 Å². The van der Waals surface area contributed by atoms with Gasteiger partial charge in [0, 0.05) is 23.3 Å². The Hall–Kier alpha value is -3.87. The smallest absolute Gasteiger partial charge is 0.267 e. The molecule has 0 saturated carbocycles.